The maximum absolute atomic E-state index is 11.7. The van der Waals surface area contributed by atoms with Crippen molar-refractivity contribution < 1.29 is 14.3 Å². The molecule has 0 unspecified atom stereocenters. The quantitative estimate of drug-likeness (QED) is 0.636. The van der Waals surface area contributed by atoms with Gasteiger partial charge in [0, 0.05) is 6.54 Å². The molecule has 1 rings (SSSR count). The molecule has 9 nitrogen and oxygen atoms in total. The number of anilines is 1. The van der Waals surface area contributed by atoms with Crippen molar-refractivity contribution in [3.8, 4) is 0 Å². The summed E-state index contributed by atoms with van der Waals surface area (Å²) in [6.45, 7) is 7.84. The van der Waals surface area contributed by atoms with Crippen molar-refractivity contribution in [2.75, 3.05) is 38.6 Å². The van der Waals surface area contributed by atoms with Crippen LogP contribution in [0.3, 0.4) is 0 Å². The number of nitrogens with one attached hydrogen (secondary N) is 2. The van der Waals surface area contributed by atoms with Gasteiger partial charge in [-0.3, -0.25) is 10.1 Å². The number of carbonyl (C=O) groups excluding carboxylic acids is 2. The third kappa shape index (κ3) is 6.53. The van der Waals surface area contributed by atoms with Crippen LogP contribution >= 0.6 is 0 Å². The van der Waals surface area contributed by atoms with Crippen LogP contribution in [0.5, 0.6) is 0 Å². The van der Waals surface area contributed by atoms with Crippen LogP contribution in [0.2, 0.25) is 0 Å². The van der Waals surface area contributed by atoms with E-state index in [1.807, 2.05) is 0 Å². The van der Waals surface area contributed by atoms with Gasteiger partial charge >= 0.3 is 6.09 Å². The van der Waals surface area contributed by atoms with Crippen LogP contribution in [0, 0.1) is 0 Å². The average molecular weight is 312 g/mol. The van der Waals surface area contributed by atoms with E-state index < -0.39 is 6.09 Å². The summed E-state index contributed by atoms with van der Waals surface area (Å²) in [7, 11) is 1.26. The lowest BCUT2D eigenvalue weighted by Crippen LogP contribution is -2.32. The van der Waals surface area contributed by atoms with Gasteiger partial charge in [0.05, 0.1) is 13.3 Å². The molecule has 2 N–H and O–H groups in total. The van der Waals surface area contributed by atoms with Crippen LogP contribution < -0.4 is 10.6 Å². The number of hydrogen-bond donors (Lipinski definition) is 2. The molecule has 2 amide bonds. The highest BCUT2D eigenvalue weighted by molar-refractivity contribution is 5.82. The molecule has 1 heterocycles. The van der Waals surface area contributed by atoms with E-state index in [2.05, 4.69) is 44.3 Å². The lowest BCUT2D eigenvalue weighted by molar-refractivity contribution is -0.122. The van der Waals surface area contributed by atoms with Gasteiger partial charge in [-0.25, -0.2) is 4.79 Å². The second-order valence-electron chi connectivity index (χ2n) is 4.61. The summed E-state index contributed by atoms with van der Waals surface area (Å²) in [5.74, 6) is 0.0703. The maximum Gasteiger partial charge on any atom is 0.412 e. The zero-order chi connectivity index (χ0) is 16.4. The molecular formula is C13H24N6O3. The van der Waals surface area contributed by atoms with Gasteiger partial charge < -0.3 is 15.0 Å². The molecule has 0 atom stereocenters. The number of carbonyl (C=O) groups is 2. The fourth-order valence-corrected chi connectivity index (χ4v) is 1.84. The molecule has 0 radical (unpaired) electrons. The number of ether oxygens (including phenoxy) is 1. The molecule has 0 aromatic carbocycles. The van der Waals surface area contributed by atoms with Crippen LogP contribution in [0.1, 0.15) is 20.3 Å². The average Bonchev–Trinajstić information content (AvgIpc) is 2.94. The van der Waals surface area contributed by atoms with Gasteiger partial charge in [-0.1, -0.05) is 13.8 Å². The summed E-state index contributed by atoms with van der Waals surface area (Å²) in [4.78, 5) is 26.3. The Bertz CT molecular complexity index is 472. The monoisotopic (exact) mass is 312 g/mol. The standard InChI is InChI=1S/C13H24N6O3/c1-4-18(5-2)8-6-7-14-12(20)10-19-15-9-11(17-19)16-13(21)22-3/h9H,4-8,10H2,1-3H3,(H,14,20)(H,16,17,21). The van der Waals surface area contributed by atoms with E-state index >= 15 is 0 Å². The highest BCUT2D eigenvalue weighted by Gasteiger charge is 2.08. The third-order valence-corrected chi connectivity index (χ3v) is 3.10. The van der Waals surface area contributed by atoms with E-state index in [-0.39, 0.29) is 18.3 Å². The van der Waals surface area contributed by atoms with E-state index in [1.165, 1.54) is 18.1 Å². The predicted octanol–water partition coefficient (Wildman–Crippen LogP) is 0.305. The summed E-state index contributed by atoms with van der Waals surface area (Å²) in [6.07, 6.45) is 1.62. The van der Waals surface area contributed by atoms with Gasteiger partial charge in [-0.2, -0.15) is 9.90 Å². The van der Waals surface area contributed by atoms with Crippen molar-refractivity contribution >= 4 is 17.8 Å². The zero-order valence-electron chi connectivity index (χ0n) is 13.3. The largest absolute Gasteiger partial charge is 0.453 e. The molecule has 0 spiro atoms. The van der Waals surface area contributed by atoms with Crippen molar-refractivity contribution in [1.29, 1.82) is 0 Å². The summed E-state index contributed by atoms with van der Waals surface area (Å²) in [5.41, 5.74) is 0. The van der Waals surface area contributed by atoms with E-state index in [0.29, 0.717) is 6.54 Å². The van der Waals surface area contributed by atoms with Crippen LogP contribution in [-0.2, 0) is 16.1 Å². The first-order valence-electron chi connectivity index (χ1n) is 7.33. The number of methoxy groups -OCH3 is 1. The van der Waals surface area contributed by atoms with E-state index in [4.69, 9.17) is 0 Å². The van der Waals surface area contributed by atoms with Gasteiger partial charge in [-0.15, -0.1) is 5.10 Å². The number of rotatable bonds is 9. The molecule has 0 saturated heterocycles. The second kappa shape index (κ2) is 9.72. The SMILES string of the molecule is CCN(CC)CCCNC(=O)Cn1ncc(NC(=O)OC)n1. The number of aromatic nitrogens is 3. The Hall–Kier alpha value is -2.16. The zero-order valence-corrected chi connectivity index (χ0v) is 13.3. The molecule has 124 valence electrons. The van der Waals surface area contributed by atoms with E-state index in [0.717, 1.165) is 26.1 Å². The molecule has 1 aromatic heterocycles. The molecule has 22 heavy (non-hydrogen) atoms. The van der Waals surface area contributed by atoms with Gasteiger partial charge in [-0.05, 0) is 26.1 Å². The van der Waals surface area contributed by atoms with Crippen LogP contribution in [0.15, 0.2) is 6.20 Å². The van der Waals surface area contributed by atoms with Crippen molar-refractivity contribution in [1.82, 2.24) is 25.2 Å². The van der Waals surface area contributed by atoms with Crippen molar-refractivity contribution in [3.05, 3.63) is 6.20 Å². The maximum atomic E-state index is 11.7. The lowest BCUT2D eigenvalue weighted by Gasteiger charge is -2.17. The molecule has 0 saturated carbocycles. The Morgan fingerprint density at radius 3 is 2.73 bits per heavy atom. The molecule has 1 aromatic rings. The van der Waals surface area contributed by atoms with Crippen molar-refractivity contribution in [2.24, 2.45) is 0 Å². The van der Waals surface area contributed by atoms with Crippen LogP contribution in [-0.4, -0.2) is 65.2 Å². The summed E-state index contributed by atoms with van der Waals surface area (Å²) in [6, 6.07) is 0. The molecule has 9 heteroatoms. The van der Waals surface area contributed by atoms with Crippen molar-refractivity contribution in [3.63, 3.8) is 0 Å². The van der Waals surface area contributed by atoms with Gasteiger partial charge in [0.2, 0.25) is 5.91 Å². The fourth-order valence-electron chi connectivity index (χ4n) is 1.84. The van der Waals surface area contributed by atoms with E-state index in [1.54, 1.807) is 0 Å². The summed E-state index contributed by atoms with van der Waals surface area (Å²) < 4.78 is 4.44. The van der Waals surface area contributed by atoms with Crippen LogP contribution in [0.25, 0.3) is 0 Å². The Morgan fingerprint density at radius 2 is 2.09 bits per heavy atom. The first-order chi connectivity index (χ1) is 10.6. The fraction of sp³-hybridized carbons (Fsp3) is 0.692. The number of amides is 2. The van der Waals surface area contributed by atoms with Crippen LogP contribution in [0.4, 0.5) is 10.6 Å². The first kappa shape index (κ1) is 17.9. The molecule has 0 aliphatic carbocycles. The molecule has 0 bridgehead atoms. The highest BCUT2D eigenvalue weighted by atomic mass is 16.5. The Balaban J connectivity index is 2.26. The molecule has 0 aliphatic heterocycles. The highest BCUT2D eigenvalue weighted by Crippen LogP contribution is 1.99. The Kier molecular flexibility index (Phi) is 7.90. The minimum absolute atomic E-state index is 0.00806. The lowest BCUT2D eigenvalue weighted by atomic mass is 10.3. The summed E-state index contributed by atoms with van der Waals surface area (Å²) in [5, 5.41) is 13.0. The Morgan fingerprint density at radius 1 is 1.36 bits per heavy atom. The number of nitrogens with zero attached hydrogens (tertiary/aromatic N) is 4. The first-order valence-corrected chi connectivity index (χ1v) is 7.33. The van der Waals surface area contributed by atoms with Gasteiger partial charge in [0.15, 0.2) is 5.82 Å². The van der Waals surface area contributed by atoms with E-state index in [9.17, 15) is 9.59 Å². The summed E-state index contributed by atoms with van der Waals surface area (Å²) >= 11 is 0. The normalized spacial score (nSPS) is 10.5. The Labute approximate surface area is 130 Å². The van der Waals surface area contributed by atoms with Crippen molar-refractivity contribution in [2.45, 2.75) is 26.8 Å². The smallest absolute Gasteiger partial charge is 0.412 e. The van der Waals surface area contributed by atoms with Gasteiger partial charge in [0.1, 0.15) is 6.54 Å². The molecule has 0 fully saturated rings. The predicted molar refractivity (Wildman–Crippen MR) is 81.5 cm³/mol. The third-order valence-electron chi connectivity index (χ3n) is 3.10. The molecular weight excluding hydrogens is 288 g/mol. The second-order valence-corrected chi connectivity index (χ2v) is 4.61. The number of hydrogen-bond acceptors (Lipinski definition) is 6. The molecule has 0 aliphatic rings. The topological polar surface area (TPSA) is 101 Å². The minimum Gasteiger partial charge on any atom is -0.453 e. The minimum atomic E-state index is -0.632. The van der Waals surface area contributed by atoms with Gasteiger partial charge in [0.25, 0.3) is 0 Å².